The van der Waals surface area contributed by atoms with Crippen molar-refractivity contribution in [1.82, 2.24) is 10.2 Å². The minimum Gasteiger partial charge on any atom is -0.444 e. The van der Waals surface area contributed by atoms with Gasteiger partial charge in [-0.15, -0.1) is 0 Å². The molecule has 8 heteroatoms. The van der Waals surface area contributed by atoms with E-state index in [-0.39, 0.29) is 29.0 Å². The number of carbonyl (C=O) groups excluding carboxylic acids is 2. The predicted molar refractivity (Wildman–Crippen MR) is 116 cm³/mol. The molecule has 4 atom stereocenters. The average Bonchev–Trinajstić information content (AvgIpc) is 3.21. The summed E-state index contributed by atoms with van der Waals surface area (Å²) in [7, 11) is -0.391. The van der Waals surface area contributed by atoms with E-state index in [1.165, 1.54) is 12.8 Å². The second-order valence-corrected chi connectivity index (χ2v) is 12.4. The minimum atomic E-state index is -0.660. The molecule has 172 valence electrons. The zero-order chi connectivity index (χ0) is 22.6. The van der Waals surface area contributed by atoms with E-state index < -0.39 is 24.9 Å². The van der Waals surface area contributed by atoms with Crippen molar-refractivity contribution in [2.24, 2.45) is 16.2 Å². The van der Waals surface area contributed by atoms with Gasteiger partial charge in [0.25, 0.3) is 0 Å². The second kappa shape index (κ2) is 6.19. The van der Waals surface area contributed by atoms with Crippen molar-refractivity contribution >= 4 is 19.1 Å². The molecule has 0 radical (unpaired) electrons. The molecule has 31 heavy (non-hydrogen) atoms. The van der Waals surface area contributed by atoms with Crippen molar-refractivity contribution in [3.8, 4) is 0 Å². The van der Waals surface area contributed by atoms with Gasteiger partial charge in [-0.25, -0.2) is 4.79 Å². The van der Waals surface area contributed by atoms with Gasteiger partial charge < -0.3 is 24.3 Å². The van der Waals surface area contributed by atoms with Gasteiger partial charge in [0.1, 0.15) is 11.6 Å². The highest BCUT2D eigenvalue weighted by atomic mass is 16.7. The molecule has 0 aromatic rings. The smallest absolute Gasteiger partial charge is 0.444 e. The summed E-state index contributed by atoms with van der Waals surface area (Å²) >= 11 is 0. The third-order valence-corrected chi connectivity index (χ3v) is 9.60. The summed E-state index contributed by atoms with van der Waals surface area (Å²) in [5.41, 5.74) is 0.0524. The highest BCUT2D eigenvalue weighted by Crippen LogP contribution is 2.92. The number of nitrogens with one attached hydrogen (secondary N) is 1. The van der Waals surface area contributed by atoms with Gasteiger partial charge >= 0.3 is 13.2 Å². The van der Waals surface area contributed by atoms with E-state index in [0.29, 0.717) is 17.4 Å². The Kier molecular flexibility index (Phi) is 4.31. The van der Waals surface area contributed by atoms with E-state index in [0.717, 1.165) is 19.3 Å². The standard InChI is InChI=1S/C23H37BN2O5/c1-14(25-18(28)29-19(2,3)4)17(27)26-10-8-9-16(26)24-30-15-11-22-12-23(13-22,20(22,5)6)21(15,7)31-24/h14-16H,8-13H2,1-7H3,(H,25,28)/t14-,15+,16-,21+,22?,23?/m0/s1. The SMILES string of the molecule is C[C@H](NC(=O)OC(C)(C)C)C(=O)N1CCC[C@H]1B1O[C@@H]2CC34CC(C3)(C4(C)C)[C@]2(C)O1. The fourth-order valence-corrected chi connectivity index (χ4v) is 7.62. The number of nitrogens with zero attached hydrogens (tertiary/aromatic N) is 1. The monoisotopic (exact) mass is 432 g/mol. The summed E-state index contributed by atoms with van der Waals surface area (Å²) in [4.78, 5) is 27.2. The van der Waals surface area contributed by atoms with Crippen LogP contribution >= 0.6 is 0 Å². The van der Waals surface area contributed by atoms with Crippen molar-refractivity contribution in [3.05, 3.63) is 0 Å². The molecule has 6 aliphatic carbocycles. The third-order valence-electron chi connectivity index (χ3n) is 9.60. The van der Waals surface area contributed by atoms with Crippen LogP contribution in [0.5, 0.6) is 0 Å². The molecule has 2 saturated heterocycles. The van der Waals surface area contributed by atoms with Crippen LogP contribution in [-0.2, 0) is 18.8 Å². The Morgan fingerprint density at radius 3 is 2.52 bits per heavy atom. The van der Waals surface area contributed by atoms with Crippen LogP contribution in [0.4, 0.5) is 4.79 Å². The third kappa shape index (κ3) is 2.61. The summed E-state index contributed by atoms with van der Waals surface area (Å²) in [5, 5.41) is 2.68. The quantitative estimate of drug-likeness (QED) is 0.693. The first kappa shape index (κ1) is 21.6. The molecule has 1 N–H and O–H groups in total. The van der Waals surface area contributed by atoms with Crippen LogP contribution in [0.1, 0.15) is 80.6 Å². The molecule has 8 fully saturated rings. The Morgan fingerprint density at radius 1 is 1.23 bits per heavy atom. The first-order chi connectivity index (χ1) is 14.3. The molecule has 2 amide bonds. The molecule has 2 bridgehead atoms. The van der Waals surface area contributed by atoms with Crippen LogP contribution in [0, 0.1) is 16.2 Å². The summed E-state index contributed by atoms with van der Waals surface area (Å²) in [6.45, 7) is 14.8. The van der Waals surface area contributed by atoms with Crippen molar-refractivity contribution < 1.29 is 23.6 Å². The summed E-state index contributed by atoms with van der Waals surface area (Å²) in [6, 6.07) is -0.660. The van der Waals surface area contributed by atoms with Gasteiger partial charge in [-0.05, 0) is 77.6 Å². The maximum absolute atomic E-state index is 13.2. The lowest BCUT2D eigenvalue weighted by atomic mass is 9.15. The Bertz CT molecular complexity index is 817. The van der Waals surface area contributed by atoms with Crippen molar-refractivity contribution in [3.63, 3.8) is 0 Å². The van der Waals surface area contributed by atoms with Crippen LogP contribution < -0.4 is 5.32 Å². The maximum Gasteiger partial charge on any atom is 0.481 e. The fraction of sp³-hybridized carbons (Fsp3) is 0.913. The second-order valence-electron chi connectivity index (χ2n) is 12.4. The van der Waals surface area contributed by atoms with Crippen LogP contribution in [0.2, 0.25) is 0 Å². The Labute approximate surface area is 186 Å². The Balaban J connectivity index is 1.27. The van der Waals surface area contributed by atoms with E-state index in [1.54, 1.807) is 27.7 Å². The van der Waals surface area contributed by atoms with Gasteiger partial charge in [-0.3, -0.25) is 4.79 Å². The zero-order valence-electron chi connectivity index (χ0n) is 20.0. The highest BCUT2D eigenvalue weighted by Gasteiger charge is 2.91. The number of ether oxygens (including phenoxy) is 1. The Morgan fingerprint density at radius 2 is 1.90 bits per heavy atom. The van der Waals surface area contributed by atoms with Gasteiger partial charge in [-0.2, -0.15) is 0 Å². The number of hydrogen-bond donors (Lipinski definition) is 1. The van der Waals surface area contributed by atoms with E-state index in [1.807, 2.05) is 4.90 Å². The molecule has 0 unspecified atom stereocenters. The van der Waals surface area contributed by atoms with Crippen molar-refractivity contribution in [2.45, 2.75) is 110 Å². The van der Waals surface area contributed by atoms with Gasteiger partial charge in [0, 0.05) is 12.0 Å². The van der Waals surface area contributed by atoms with Gasteiger partial charge in [0.05, 0.1) is 17.6 Å². The molecule has 0 aromatic carbocycles. The first-order valence-electron chi connectivity index (χ1n) is 11.9. The largest absolute Gasteiger partial charge is 0.481 e. The maximum atomic E-state index is 13.2. The molecule has 2 aliphatic heterocycles. The van der Waals surface area contributed by atoms with Crippen LogP contribution in [0.3, 0.4) is 0 Å². The number of amides is 2. The molecule has 8 aliphatic rings. The summed E-state index contributed by atoms with van der Waals surface area (Å²) in [6.07, 6.45) is 4.88. The average molecular weight is 432 g/mol. The summed E-state index contributed by atoms with van der Waals surface area (Å²) < 4.78 is 18.6. The van der Waals surface area contributed by atoms with E-state index in [9.17, 15) is 9.59 Å². The predicted octanol–water partition coefficient (Wildman–Crippen LogP) is 3.30. The zero-order valence-corrected chi connectivity index (χ0v) is 20.0. The number of likely N-dealkylation sites (tertiary alicyclic amines) is 1. The molecular weight excluding hydrogens is 395 g/mol. The van der Waals surface area contributed by atoms with Gasteiger partial charge in [0.2, 0.25) is 5.91 Å². The first-order valence-corrected chi connectivity index (χ1v) is 11.9. The van der Waals surface area contributed by atoms with Crippen LogP contribution in [-0.4, -0.2) is 59.9 Å². The minimum absolute atomic E-state index is 0.105. The fourth-order valence-electron chi connectivity index (χ4n) is 7.62. The molecule has 7 nitrogen and oxygen atoms in total. The van der Waals surface area contributed by atoms with E-state index in [2.05, 4.69) is 26.1 Å². The Hall–Kier alpha value is -1.28. The number of alkyl carbamates (subject to hydrolysis) is 1. The number of rotatable bonds is 3. The van der Waals surface area contributed by atoms with Crippen molar-refractivity contribution in [1.29, 1.82) is 0 Å². The molecule has 6 saturated carbocycles. The molecule has 2 heterocycles. The normalized spacial score (nSPS) is 42.9. The lowest BCUT2D eigenvalue weighted by Gasteiger charge is -2.90. The number of hydrogen-bond acceptors (Lipinski definition) is 5. The van der Waals surface area contributed by atoms with E-state index in [4.69, 9.17) is 14.0 Å². The highest BCUT2D eigenvalue weighted by molar-refractivity contribution is 6.48. The molecule has 0 aromatic heterocycles. The molecular formula is C23H37BN2O5. The lowest BCUT2D eigenvalue weighted by molar-refractivity contribution is -0.434. The summed E-state index contributed by atoms with van der Waals surface area (Å²) in [5.74, 6) is -0.213. The lowest BCUT2D eigenvalue weighted by Crippen LogP contribution is -2.88. The van der Waals surface area contributed by atoms with E-state index >= 15 is 0 Å². The van der Waals surface area contributed by atoms with Gasteiger partial charge in [0.15, 0.2) is 0 Å². The molecule has 8 rings (SSSR count). The molecule has 0 spiro atoms. The number of carbonyl (C=O) groups is 2. The van der Waals surface area contributed by atoms with Crippen molar-refractivity contribution in [2.75, 3.05) is 6.54 Å². The topological polar surface area (TPSA) is 77.1 Å². The van der Waals surface area contributed by atoms with Gasteiger partial charge in [-0.1, -0.05) is 13.8 Å². The van der Waals surface area contributed by atoms with Crippen LogP contribution in [0.15, 0.2) is 0 Å². The van der Waals surface area contributed by atoms with Crippen LogP contribution in [0.25, 0.3) is 0 Å².